The summed E-state index contributed by atoms with van der Waals surface area (Å²) in [6, 6.07) is 3.07. The van der Waals surface area contributed by atoms with E-state index in [1.165, 1.54) is 18.2 Å². The molecule has 1 aromatic rings. The summed E-state index contributed by atoms with van der Waals surface area (Å²) in [6.07, 6.45) is 0.135. The third-order valence-electron chi connectivity index (χ3n) is 3.45. The van der Waals surface area contributed by atoms with Crippen molar-refractivity contribution in [3.63, 3.8) is 0 Å². The van der Waals surface area contributed by atoms with Gasteiger partial charge in [-0.15, -0.1) is 0 Å². The summed E-state index contributed by atoms with van der Waals surface area (Å²) >= 11 is 0. The molecule has 1 amide bonds. The number of carbonyl (C=O) groups is 2. The van der Waals surface area contributed by atoms with E-state index in [1.807, 2.05) is 0 Å². The average Bonchev–Trinajstić information content (AvgIpc) is 2.71. The van der Waals surface area contributed by atoms with Gasteiger partial charge in [-0.05, 0) is 37.1 Å². The zero-order chi connectivity index (χ0) is 15.8. The van der Waals surface area contributed by atoms with Crippen molar-refractivity contribution in [3.8, 4) is 0 Å². The van der Waals surface area contributed by atoms with Gasteiger partial charge < -0.3 is 10.4 Å². The number of nitrogens with one attached hydrogen (secondary N) is 2. The van der Waals surface area contributed by atoms with Gasteiger partial charge in [-0.25, -0.2) is 8.42 Å². The molecule has 7 nitrogen and oxygen atoms in total. The van der Waals surface area contributed by atoms with Crippen LogP contribution in [-0.4, -0.2) is 31.4 Å². The second-order valence-electron chi connectivity index (χ2n) is 4.88. The summed E-state index contributed by atoms with van der Waals surface area (Å²) in [5, 5.41) is 11.6. The number of benzene rings is 1. The Labute approximate surface area is 122 Å². The second kappa shape index (κ2) is 5.45. The normalized spacial score (nSPS) is 19.0. The maximum atomic E-state index is 12.2. The van der Waals surface area contributed by atoms with Crippen LogP contribution in [0, 0.1) is 0 Å². The second-order valence-corrected chi connectivity index (χ2v) is 6.59. The summed E-state index contributed by atoms with van der Waals surface area (Å²) in [6.45, 7) is 3.26. The fraction of sp³-hybridized carbons (Fsp3) is 0.385. The molecule has 1 aliphatic heterocycles. The predicted octanol–water partition coefficient (Wildman–Crippen LogP) is 0.884. The Morgan fingerprint density at radius 1 is 1.48 bits per heavy atom. The standard InChI is InChI=1S/C13H16N2O5S/c1-3-10(13(17)18)15-21(19,20)8-4-5-11-9(6-8)7(2)12(16)14-11/h4-7,10,15H,3H2,1-2H3,(H,14,16)(H,17,18)/t7?,10-/m0/s1. The molecule has 0 spiro atoms. The topological polar surface area (TPSA) is 113 Å². The molecule has 8 heteroatoms. The Kier molecular flexibility index (Phi) is 4.02. The number of carboxylic acids is 1. The lowest BCUT2D eigenvalue weighted by atomic mass is 10.0. The lowest BCUT2D eigenvalue weighted by Gasteiger charge is -2.13. The van der Waals surface area contributed by atoms with E-state index in [9.17, 15) is 18.0 Å². The fourth-order valence-electron chi connectivity index (χ4n) is 2.13. The van der Waals surface area contributed by atoms with Gasteiger partial charge in [0.2, 0.25) is 15.9 Å². The third-order valence-corrected chi connectivity index (χ3v) is 4.92. The monoisotopic (exact) mass is 312 g/mol. The van der Waals surface area contributed by atoms with E-state index in [1.54, 1.807) is 13.8 Å². The quantitative estimate of drug-likeness (QED) is 0.747. The van der Waals surface area contributed by atoms with Crippen molar-refractivity contribution in [2.24, 2.45) is 0 Å². The van der Waals surface area contributed by atoms with Gasteiger partial charge in [-0.2, -0.15) is 4.72 Å². The first-order valence-electron chi connectivity index (χ1n) is 6.46. The summed E-state index contributed by atoms with van der Waals surface area (Å²) < 4.78 is 26.6. The molecule has 3 N–H and O–H groups in total. The average molecular weight is 312 g/mol. The maximum Gasteiger partial charge on any atom is 0.321 e. The molecule has 0 aliphatic carbocycles. The van der Waals surface area contributed by atoms with Crippen LogP contribution in [0.15, 0.2) is 23.1 Å². The van der Waals surface area contributed by atoms with Crippen LogP contribution in [0.5, 0.6) is 0 Å². The highest BCUT2D eigenvalue weighted by Gasteiger charge is 2.29. The number of sulfonamides is 1. The number of anilines is 1. The van der Waals surface area contributed by atoms with Crippen molar-refractivity contribution in [2.75, 3.05) is 5.32 Å². The van der Waals surface area contributed by atoms with Gasteiger partial charge in [0.05, 0.1) is 10.8 Å². The number of amides is 1. The molecule has 1 unspecified atom stereocenters. The zero-order valence-corrected chi connectivity index (χ0v) is 12.4. The van der Waals surface area contributed by atoms with Crippen LogP contribution >= 0.6 is 0 Å². The molecule has 2 rings (SSSR count). The molecule has 1 aromatic carbocycles. The van der Waals surface area contributed by atoms with Crippen LogP contribution in [0.3, 0.4) is 0 Å². The van der Waals surface area contributed by atoms with Gasteiger partial charge in [0, 0.05) is 5.69 Å². The lowest BCUT2D eigenvalue weighted by Crippen LogP contribution is -2.40. The summed E-state index contributed by atoms with van der Waals surface area (Å²) in [4.78, 5) is 22.4. The van der Waals surface area contributed by atoms with Crippen LogP contribution in [-0.2, 0) is 19.6 Å². The Balaban J connectivity index is 2.34. The van der Waals surface area contributed by atoms with Crippen molar-refractivity contribution in [3.05, 3.63) is 23.8 Å². The molecule has 0 bridgehead atoms. The summed E-state index contributed by atoms with van der Waals surface area (Å²) in [5.41, 5.74) is 1.17. The highest BCUT2D eigenvalue weighted by Crippen LogP contribution is 2.33. The molecule has 114 valence electrons. The molecule has 1 aliphatic rings. The van der Waals surface area contributed by atoms with Crippen molar-refractivity contribution in [1.29, 1.82) is 0 Å². The molecule has 0 aromatic heterocycles. The third kappa shape index (κ3) is 2.91. The highest BCUT2D eigenvalue weighted by atomic mass is 32.2. The smallest absolute Gasteiger partial charge is 0.321 e. The number of carbonyl (C=O) groups excluding carboxylic acids is 1. The first kappa shape index (κ1) is 15.5. The molecule has 0 saturated heterocycles. The minimum absolute atomic E-state index is 0.0516. The van der Waals surface area contributed by atoms with Crippen LogP contribution in [0.4, 0.5) is 5.69 Å². The fourth-order valence-corrected chi connectivity index (χ4v) is 3.43. The molecule has 1 heterocycles. The van der Waals surface area contributed by atoms with E-state index < -0.39 is 28.0 Å². The van der Waals surface area contributed by atoms with Crippen LogP contribution in [0.1, 0.15) is 31.7 Å². The van der Waals surface area contributed by atoms with Crippen molar-refractivity contribution >= 4 is 27.6 Å². The van der Waals surface area contributed by atoms with E-state index in [2.05, 4.69) is 10.0 Å². The first-order chi connectivity index (χ1) is 9.76. The molecular formula is C13H16N2O5S. The molecule has 0 saturated carbocycles. The number of carboxylic acid groups (broad SMARTS) is 1. The number of aliphatic carboxylic acids is 1. The molecule has 0 radical (unpaired) electrons. The largest absolute Gasteiger partial charge is 0.480 e. The van der Waals surface area contributed by atoms with E-state index in [0.29, 0.717) is 11.3 Å². The van der Waals surface area contributed by atoms with E-state index in [4.69, 9.17) is 5.11 Å². The first-order valence-corrected chi connectivity index (χ1v) is 7.94. The van der Waals surface area contributed by atoms with Gasteiger partial charge in [-0.1, -0.05) is 6.92 Å². The molecule has 2 atom stereocenters. The number of fused-ring (bicyclic) bond motifs is 1. The Bertz CT molecular complexity index is 699. The number of hydrogen-bond donors (Lipinski definition) is 3. The summed E-state index contributed by atoms with van der Waals surface area (Å²) in [5.74, 6) is -1.85. The van der Waals surface area contributed by atoms with Gasteiger partial charge in [0.1, 0.15) is 6.04 Å². The van der Waals surface area contributed by atoms with Crippen LogP contribution in [0.2, 0.25) is 0 Å². The number of rotatable bonds is 5. The highest BCUT2D eigenvalue weighted by molar-refractivity contribution is 7.89. The van der Waals surface area contributed by atoms with Crippen LogP contribution < -0.4 is 10.0 Å². The van der Waals surface area contributed by atoms with Crippen LogP contribution in [0.25, 0.3) is 0 Å². The zero-order valence-electron chi connectivity index (χ0n) is 11.6. The number of hydrogen-bond acceptors (Lipinski definition) is 4. The van der Waals surface area contributed by atoms with E-state index in [-0.39, 0.29) is 17.2 Å². The van der Waals surface area contributed by atoms with Gasteiger partial charge >= 0.3 is 5.97 Å². The maximum absolute atomic E-state index is 12.2. The van der Waals surface area contributed by atoms with E-state index >= 15 is 0 Å². The van der Waals surface area contributed by atoms with Gasteiger partial charge in [0.25, 0.3) is 0 Å². The lowest BCUT2D eigenvalue weighted by molar-refractivity contribution is -0.139. The Morgan fingerprint density at radius 3 is 2.71 bits per heavy atom. The van der Waals surface area contributed by atoms with Crippen molar-refractivity contribution in [1.82, 2.24) is 4.72 Å². The molecule has 0 fully saturated rings. The molecular weight excluding hydrogens is 296 g/mol. The van der Waals surface area contributed by atoms with E-state index in [0.717, 1.165) is 0 Å². The Morgan fingerprint density at radius 2 is 2.14 bits per heavy atom. The minimum Gasteiger partial charge on any atom is -0.480 e. The minimum atomic E-state index is -3.95. The molecule has 21 heavy (non-hydrogen) atoms. The summed E-state index contributed by atoms with van der Waals surface area (Å²) in [7, 11) is -3.95. The SMILES string of the molecule is CC[C@H](NS(=O)(=O)c1ccc2c(c1)C(C)C(=O)N2)C(=O)O. The van der Waals surface area contributed by atoms with Crippen molar-refractivity contribution < 1.29 is 23.1 Å². The Hall–Kier alpha value is -1.93. The van der Waals surface area contributed by atoms with Gasteiger partial charge in [-0.3, -0.25) is 9.59 Å². The predicted molar refractivity (Wildman–Crippen MR) is 75.5 cm³/mol. The van der Waals surface area contributed by atoms with Crippen molar-refractivity contribution in [2.45, 2.75) is 37.1 Å². The van der Waals surface area contributed by atoms with Gasteiger partial charge in [0.15, 0.2) is 0 Å².